The highest BCUT2D eigenvalue weighted by molar-refractivity contribution is 6.40. The van der Waals surface area contributed by atoms with Crippen molar-refractivity contribution in [1.29, 1.82) is 0 Å². The van der Waals surface area contributed by atoms with Crippen LogP contribution >= 0.6 is 0 Å². The zero-order chi connectivity index (χ0) is 21.1. The van der Waals surface area contributed by atoms with Gasteiger partial charge >= 0.3 is 11.8 Å². The molecule has 154 valence electrons. The molecule has 0 fully saturated rings. The van der Waals surface area contributed by atoms with Gasteiger partial charge < -0.3 is 16.0 Å². The van der Waals surface area contributed by atoms with Crippen molar-refractivity contribution >= 4 is 23.4 Å². The van der Waals surface area contributed by atoms with Crippen LogP contribution in [0, 0.1) is 0 Å². The monoisotopic (exact) mass is 395 g/mol. The maximum atomic E-state index is 12.6. The summed E-state index contributed by atoms with van der Waals surface area (Å²) in [6.07, 6.45) is 3.82. The van der Waals surface area contributed by atoms with E-state index in [9.17, 15) is 14.4 Å². The van der Waals surface area contributed by atoms with E-state index in [2.05, 4.69) is 29.8 Å². The average Bonchev–Trinajstić information content (AvgIpc) is 2.75. The van der Waals surface area contributed by atoms with Crippen molar-refractivity contribution in [3.05, 3.63) is 65.2 Å². The van der Waals surface area contributed by atoms with Gasteiger partial charge in [-0.2, -0.15) is 0 Å². The third kappa shape index (κ3) is 7.07. The second kappa shape index (κ2) is 11.6. The van der Waals surface area contributed by atoms with Gasteiger partial charge in [0.05, 0.1) is 11.3 Å². The molecule has 0 spiro atoms. The van der Waals surface area contributed by atoms with Crippen LogP contribution in [0.1, 0.15) is 54.6 Å². The summed E-state index contributed by atoms with van der Waals surface area (Å²) in [5.41, 5.74) is 2.84. The standard InChI is InChI=1S/C23H29N3O3/c1-3-5-8-15-24-22(28)23(29)26-20-10-7-6-9-19(20)21(27)25-16-18-13-11-17(4-2)12-14-18/h6-7,9-14H,3-5,8,15-16H2,1-2H3,(H,24,28)(H,25,27)(H,26,29). The van der Waals surface area contributed by atoms with Gasteiger partial charge in [-0.15, -0.1) is 0 Å². The van der Waals surface area contributed by atoms with Crippen LogP contribution in [0.3, 0.4) is 0 Å². The fourth-order valence-corrected chi connectivity index (χ4v) is 2.80. The molecule has 0 aliphatic heterocycles. The number of anilines is 1. The van der Waals surface area contributed by atoms with Crippen molar-refractivity contribution in [1.82, 2.24) is 10.6 Å². The lowest BCUT2D eigenvalue weighted by Gasteiger charge is -2.12. The summed E-state index contributed by atoms with van der Waals surface area (Å²) < 4.78 is 0. The van der Waals surface area contributed by atoms with Gasteiger partial charge in [0.25, 0.3) is 5.91 Å². The number of nitrogens with one attached hydrogen (secondary N) is 3. The number of unbranched alkanes of at least 4 members (excludes halogenated alkanes) is 2. The number of para-hydroxylation sites is 1. The van der Waals surface area contributed by atoms with Crippen molar-refractivity contribution in [3.8, 4) is 0 Å². The Morgan fingerprint density at radius 3 is 2.17 bits per heavy atom. The number of hydrogen-bond acceptors (Lipinski definition) is 3. The van der Waals surface area contributed by atoms with E-state index in [1.165, 1.54) is 5.56 Å². The quantitative estimate of drug-likeness (QED) is 0.449. The number of hydrogen-bond donors (Lipinski definition) is 3. The molecule has 0 aromatic heterocycles. The van der Waals surface area contributed by atoms with Crippen LogP contribution in [0.25, 0.3) is 0 Å². The Bertz CT molecular complexity index is 832. The van der Waals surface area contributed by atoms with Crippen LogP contribution in [-0.4, -0.2) is 24.3 Å². The molecule has 3 N–H and O–H groups in total. The summed E-state index contributed by atoms with van der Waals surface area (Å²) in [6, 6.07) is 14.7. The topological polar surface area (TPSA) is 87.3 Å². The molecule has 2 rings (SSSR count). The molecule has 3 amide bonds. The first kappa shape index (κ1) is 22.1. The summed E-state index contributed by atoms with van der Waals surface area (Å²) in [5, 5.41) is 7.98. The molecule has 0 unspecified atom stereocenters. The molecule has 0 saturated carbocycles. The van der Waals surface area contributed by atoms with E-state index >= 15 is 0 Å². The Hall–Kier alpha value is -3.15. The molecule has 0 atom stereocenters. The van der Waals surface area contributed by atoms with Crippen LogP contribution < -0.4 is 16.0 Å². The minimum Gasteiger partial charge on any atom is -0.348 e. The number of carbonyl (C=O) groups is 3. The Balaban J connectivity index is 1.95. The van der Waals surface area contributed by atoms with E-state index in [4.69, 9.17) is 0 Å². The predicted molar refractivity (Wildman–Crippen MR) is 115 cm³/mol. The normalized spacial score (nSPS) is 10.3. The van der Waals surface area contributed by atoms with Crippen LogP contribution in [0.5, 0.6) is 0 Å². The third-order valence-electron chi connectivity index (χ3n) is 4.58. The maximum Gasteiger partial charge on any atom is 0.313 e. The maximum absolute atomic E-state index is 12.6. The number of carbonyl (C=O) groups excluding carboxylic acids is 3. The summed E-state index contributed by atoms with van der Waals surface area (Å²) in [4.78, 5) is 36.7. The van der Waals surface area contributed by atoms with Crippen molar-refractivity contribution in [2.75, 3.05) is 11.9 Å². The van der Waals surface area contributed by atoms with E-state index < -0.39 is 11.8 Å². The fraction of sp³-hybridized carbons (Fsp3) is 0.348. The number of amides is 3. The average molecular weight is 396 g/mol. The lowest BCUT2D eigenvalue weighted by Crippen LogP contribution is -2.36. The van der Waals surface area contributed by atoms with Gasteiger partial charge in [-0.05, 0) is 36.1 Å². The Labute approximate surface area is 172 Å². The zero-order valence-corrected chi connectivity index (χ0v) is 17.1. The molecule has 0 aliphatic carbocycles. The first-order valence-corrected chi connectivity index (χ1v) is 10.1. The van der Waals surface area contributed by atoms with Crippen LogP contribution in [0.15, 0.2) is 48.5 Å². The highest BCUT2D eigenvalue weighted by atomic mass is 16.2. The van der Waals surface area contributed by atoms with Crippen molar-refractivity contribution in [2.45, 2.75) is 46.1 Å². The van der Waals surface area contributed by atoms with Gasteiger partial charge in [-0.25, -0.2) is 0 Å². The molecule has 0 heterocycles. The second-order valence-corrected chi connectivity index (χ2v) is 6.82. The first-order chi connectivity index (χ1) is 14.0. The van der Waals surface area contributed by atoms with E-state index in [1.54, 1.807) is 24.3 Å². The SMILES string of the molecule is CCCCCNC(=O)C(=O)Nc1ccccc1C(=O)NCc1ccc(CC)cc1. The van der Waals surface area contributed by atoms with Crippen LogP contribution in [0.2, 0.25) is 0 Å². The largest absolute Gasteiger partial charge is 0.348 e. The molecule has 0 saturated heterocycles. The molecule has 6 heteroatoms. The Kier molecular flexibility index (Phi) is 8.89. The summed E-state index contributed by atoms with van der Waals surface area (Å²) in [7, 11) is 0. The highest BCUT2D eigenvalue weighted by Crippen LogP contribution is 2.15. The van der Waals surface area contributed by atoms with Gasteiger partial charge in [-0.3, -0.25) is 14.4 Å². The van der Waals surface area contributed by atoms with Crippen molar-refractivity contribution < 1.29 is 14.4 Å². The fourth-order valence-electron chi connectivity index (χ4n) is 2.80. The molecular formula is C23H29N3O3. The molecule has 29 heavy (non-hydrogen) atoms. The molecule has 0 aliphatic rings. The van der Waals surface area contributed by atoms with Gasteiger partial charge in [0.2, 0.25) is 0 Å². The van der Waals surface area contributed by atoms with E-state index in [0.29, 0.717) is 24.3 Å². The van der Waals surface area contributed by atoms with Gasteiger partial charge in [-0.1, -0.05) is 63.1 Å². The Morgan fingerprint density at radius 2 is 1.48 bits per heavy atom. The minimum atomic E-state index is -0.781. The summed E-state index contributed by atoms with van der Waals surface area (Å²) in [6.45, 7) is 4.99. The Morgan fingerprint density at radius 1 is 0.793 bits per heavy atom. The highest BCUT2D eigenvalue weighted by Gasteiger charge is 2.17. The zero-order valence-electron chi connectivity index (χ0n) is 17.1. The van der Waals surface area contributed by atoms with E-state index in [0.717, 1.165) is 31.2 Å². The van der Waals surface area contributed by atoms with Crippen molar-refractivity contribution in [2.24, 2.45) is 0 Å². The molecule has 6 nitrogen and oxygen atoms in total. The smallest absolute Gasteiger partial charge is 0.313 e. The number of benzene rings is 2. The molecule has 2 aromatic carbocycles. The van der Waals surface area contributed by atoms with Crippen molar-refractivity contribution in [3.63, 3.8) is 0 Å². The number of rotatable bonds is 9. The van der Waals surface area contributed by atoms with Gasteiger partial charge in [0.1, 0.15) is 0 Å². The first-order valence-electron chi connectivity index (χ1n) is 10.1. The second-order valence-electron chi connectivity index (χ2n) is 6.82. The van der Waals surface area contributed by atoms with Crippen LogP contribution in [-0.2, 0) is 22.6 Å². The molecule has 2 aromatic rings. The predicted octanol–water partition coefficient (Wildman–Crippen LogP) is 3.42. The summed E-state index contributed by atoms with van der Waals surface area (Å²) in [5.74, 6) is -1.80. The van der Waals surface area contributed by atoms with Crippen LogP contribution in [0.4, 0.5) is 5.69 Å². The third-order valence-corrected chi connectivity index (χ3v) is 4.58. The lowest BCUT2D eigenvalue weighted by molar-refractivity contribution is -0.136. The number of aryl methyl sites for hydroxylation is 1. The van der Waals surface area contributed by atoms with Gasteiger partial charge in [0.15, 0.2) is 0 Å². The molecule has 0 bridgehead atoms. The summed E-state index contributed by atoms with van der Waals surface area (Å²) >= 11 is 0. The minimum absolute atomic E-state index is 0.306. The molecular weight excluding hydrogens is 366 g/mol. The van der Waals surface area contributed by atoms with Gasteiger partial charge in [0, 0.05) is 13.1 Å². The van der Waals surface area contributed by atoms with E-state index in [-0.39, 0.29) is 5.91 Å². The lowest BCUT2D eigenvalue weighted by atomic mass is 10.1. The van der Waals surface area contributed by atoms with E-state index in [1.807, 2.05) is 24.3 Å². The molecule has 0 radical (unpaired) electrons.